The van der Waals surface area contributed by atoms with Gasteiger partial charge in [-0.15, -0.1) is 0 Å². The number of ether oxygens (including phenoxy) is 3. The summed E-state index contributed by atoms with van der Waals surface area (Å²) in [5.41, 5.74) is 0.0479. The van der Waals surface area contributed by atoms with Gasteiger partial charge in [0, 0.05) is 0 Å². The van der Waals surface area contributed by atoms with Crippen molar-refractivity contribution >= 4 is 34.1 Å². The number of nitrogens with zero attached hydrogens (tertiary/aromatic N) is 2. The van der Waals surface area contributed by atoms with Gasteiger partial charge in [-0.05, 0) is 71.6 Å². The lowest BCUT2D eigenvalue weighted by Gasteiger charge is -2.37. The first-order valence-electron chi connectivity index (χ1n) is 11.8. The van der Waals surface area contributed by atoms with E-state index in [-0.39, 0.29) is 6.61 Å². The normalized spacial score (nSPS) is 17.2. The fourth-order valence-electron chi connectivity index (χ4n) is 4.07. The van der Waals surface area contributed by atoms with Crippen molar-refractivity contribution in [2.75, 3.05) is 24.7 Å². The van der Waals surface area contributed by atoms with Crippen LogP contribution in [0.3, 0.4) is 0 Å². The summed E-state index contributed by atoms with van der Waals surface area (Å²) in [7, 11) is 0. The van der Waals surface area contributed by atoms with Crippen LogP contribution in [0, 0.1) is 11.8 Å². The van der Waals surface area contributed by atoms with Gasteiger partial charge in [-0.25, -0.2) is 4.79 Å². The van der Waals surface area contributed by atoms with E-state index in [1.807, 2.05) is 32.0 Å². The molecule has 1 aromatic heterocycles. The van der Waals surface area contributed by atoms with E-state index in [9.17, 15) is 9.59 Å². The lowest BCUT2D eigenvalue weighted by atomic mass is 9.91. The number of anilines is 1. The van der Waals surface area contributed by atoms with E-state index >= 15 is 0 Å². The van der Waals surface area contributed by atoms with Crippen LogP contribution in [0.2, 0.25) is 0 Å². The SMILES string of the molecule is CCOC(=O)C(CC)(CC)N(C=O)c1ccc(Br)c(OCC2C[C@@H]2COCc2ccccc2)n1. The molecular formula is C26H33BrN2O5. The molecule has 0 saturated heterocycles. The Bertz CT molecular complexity index is 951. The zero-order valence-electron chi connectivity index (χ0n) is 20.0. The molecule has 1 saturated carbocycles. The number of amides is 1. The first kappa shape index (κ1) is 26.2. The van der Waals surface area contributed by atoms with Crippen LogP contribution in [0.15, 0.2) is 46.9 Å². The van der Waals surface area contributed by atoms with Crippen molar-refractivity contribution in [3.05, 3.63) is 52.5 Å². The Kier molecular flexibility index (Phi) is 9.47. The highest BCUT2D eigenvalue weighted by atomic mass is 79.9. The Morgan fingerprint density at radius 1 is 1.12 bits per heavy atom. The van der Waals surface area contributed by atoms with Crippen molar-refractivity contribution in [3.8, 4) is 5.88 Å². The molecule has 1 aliphatic rings. The molecule has 0 radical (unpaired) electrons. The molecule has 3 rings (SSSR count). The summed E-state index contributed by atoms with van der Waals surface area (Å²) >= 11 is 3.48. The molecule has 1 unspecified atom stereocenters. The van der Waals surface area contributed by atoms with Gasteiger partial charge in [-0.3, -0.25) is 9.69 Å². The summed E-state index contributed by atoms with van der Waals surface area (Å²) in [6, 6.07) is 13.6. The molecule has 0 spiro atoms. The molecule has 1 amide bonds. The molecule has 184 valence electrons. The van der Waals surface area contributed by atoms with Crippen LogP contribution in [0.1, 0.15) is 45.6 Å². The minimum Gasteiger partial charge on any atom is -0.477 e. The molecule has 0 aliphatic heterocycles. The topological polar surface area (TPSA) is 78.0 Å². The lowest BCUT2D eigenvalue weighted by Crippen LogP contribution is -2.55. The Hall–Kier alpha value is -2.45. The Morgan fingerprint density at radius 3 is 2.47 bits per heavy atom. The lowest BCUT2D eigenvalue weighted by molar-refractivity contribution is -0.150. The highest BCUT2D eigenvalue weighted by Gasteiger charge is 2.44. The highest BCUT2D eigenvalue weighted by molar-refractivity contribution is 9.10. The number of hydrogen-bond donors (Lipinski definition) is 0. The molecule has 2 aromatic rings. The van der Waals surface area contributed by atoms with E-state index < -0.39 is 11.5 Å². The van der Waals surface area contributed by atoms with Gasteiger partial charge < -0.3 is 14.2 Å². The summed E-state index contributed by atoms with van der Waals surface area (Å²) in [6.45, 7) is 7.54. The number of halogens is 1. The Morgan fingerprint density at radius 2 is 1.82 bits per heavy atom. The van der Waals surface area contributed by atoms with Gasteiger partial charge in [0.25, 0.3) is 0 Å². The number of rotatable bonds is 14. The van der Waals surface area contributed by atoms with Crippen LogP contribution < -0.4 is 9.64 Å². The average Bonchev–Trinajstić information content (AvgIpc) is 3.61. The summed E-state index contributed by atoms with van der Waals surface area (Å²) in [5, 5.41) is 0. The van der Waals surface area contributed by atoms with Crippen molar-refractivity contribution in [3.63, 3.8) is 0 Å². The zero-order chi connectivity index (χ0) is 24.6. The zero-order valence-corrected chi connectivity index (χ0v) is 21.6. The Labute approximate surface area is 209 Å². The summed E-state index contributed by atoms with van der Waals surface area (Å²) in [4.78, 5) is 30.8. The fourth-order valence-corrected chi connectivity index (χ4v) is 4.41. The van der Waals surface area contributed by atoms with Crippen LogP contribution in [0.25, 0.3) is 0 Å². The van der Waals surface area contributed by atoms with Crippen molar-refractivity contribution in [2.45, 2.75) is 52.2 Å². The van der Waals surface area contributed by atoms with Gasteiger partial charge in [-0.2, -0.15) is 4.98 Å². The number of pyridine rings is 1. The van der Waals surface area contributed by atoms with Gasteiger partial charge in [0.15, 0.2) is 0 Å². The van der Waals surface area contributed by atoms with Gasteiger partial charge in [0.1, 0.15) is 11.4 Å². The van der Waals surface area contributed by atoms with Crippen LogP contribution in [-0.4, -0.2) is 42.7 Å². The van der Waals surface area contributed by atoms with Crippen LogP contribution in [0.5, 0.6) is 5.88 Å². The second-order valence-electron chi connectivity index (χ2n) is 8.46. The number of carbonyl (C=O) groups excluding carboxylic acids is 2. The number of benzene rings is 1. The largest absolute Gasteiger partial charge is 0.477 e. The van der Waals surface area contributed by atoms with E-state index in [0.717, 1.165) is 6.42 Å². The molecule has 1 fully saturated rings. The number of hydrogen-bond acceptors (Lipinski definition) is 6. The van der Waals surface area contributed by atoms with E-state index in [1.54, 1.807) is 19.1 Å². The third kappa shape index (κ3) is 6.16. The summed E-state index contributed by atoms with van der Waals surface area (Å²) in [6.07, 6.45) is 2.50. The van der Waals surface area contributed by atoms with Crippen LogP contribution in [0.4, 0.5) is 5.82 Å². The molecule has 1 heterocycles. The smallest absolute Gasteiger partial charge is 0.332 e. The predicted octanol–water partition coefficient (Wildman–Crippen LogP) is 5.16. The molecule has 2 atom stereocenters. The molecule has 0 bridgehead atoms. The maximum atomic E-state index is 12.8. The molecule has 8 heteroatoms. The molecule has 0 N–H and O–H groups in total. The standard InChI is InChI=1S/C26H33BrN2O5/c1-4-26(5-2,25(31)33-6-3)29(18-30)23-13-12-22(27)24(28-23)34-17-21-14-20(21)16-32-15-19-10-8-7-9-11-19/h7-13,18,20-21H,4-6,14-17H2,1-3H3/t20-,21?/m1/s1. The Balaban J connectivity index is 1.61. The van der Waals surface area contributed by atoms with E-state index in [0.29, 0.717) is 67.1 Å². The second kappa shape index (κ2) is 12.3. The maximum absolute atomic E-state index is 12.8. The van der Waals surface area contributed by atoms with Crippen molar-refractivity contribution in [2.24, 2.45) is 11.8 Å². The van der Waals surface area contributed by atoms with E-state index in [4.69, 9.17) is 14.2 Å². The number of aromatic nitrogens is 1. The van der Waals surface area contributed by atoms with Crippen molar-refractivity contribution in [1.29, 1.82) is 0 Å². The van der Waals surface area contributed by atoms with Gasteiger partial charge >= 0.3 is 5.97 Å². The van der Waals surface area contributed by atoms with Gasteiger partial charge in [-0.1, -0.05) is 44.2 Å². The van der Waals surface area contributed by atoms with E-state index in [1.165, 1.54) is 10.5 Å². The first-order valence-corrected chi connectivity index (χ1v) is 12.6. The quantitative estimate of drug-likeness (QED) is 0.247. The van der Waals surface area contributed by atoms with Crippen molar-refractivity contribution in [1.82, 2.24) is 4.98 Å². The summed E-state index contributed by atoms with van der Waals surface area (Å²) < 4.78 is 17.8. The molecule has 1 aliphatic carbocycles. The number of esters is 1. The predicted molar refractivity (Wildman–Crippen MR) is 134 cm³/mol. The first-order chi connectivity index (χ1) is 16.5. The van der Waals surface area contributed by atoms with Gasteiger partial charge in [0.05, 0.1) is 30.9 Å². The second-order valence-corrected chi connectivity index (χ2v) is 9.31. The third-order valence-corrected chi connectivity index (χ3v) is 6.99. The third-order valence-electron chi connectivity index (χ3n) is 6.38. The average molecular weight is 533 g/mol. The molecule has 7 nitrogen and oxygen atoms in total. The van der Waals surface area contributed by atoms with Crippen LogP contribution in [-0.2, 0) is 25.7 Å². The van der Waals surface area contributed by atoms with Gasteiger partial charge in [0.2, 0.25) is 12.3 Å². The molecular weight excluding hydrogens is 500 g/mol. The summed E-state index contributed by atoms with van der Waals surface area (Å²) in [5.74, 6) is 1.18. The van der Waals surface area contributed by atoms with Crippen molar-refractivity contribution < 1.29 is 23.8 Å². The number of carbonyl (C=O) groups is 2. The minimum atomic E-state index is -1.12. The highest BCUT2D eigenvalue weighted by Crippen LogP contribution is 2.40. The van der Waals surface area contributed by atoms with Crippen LogP contribution >= 0.6 is 15.9 Å². The molecule has 1 aromatic carbocycles. The molecule has 34 heavy (non-hydrogen) atoms. The maximum Gasteiger partial charge on any atom is 0.332 e. The van der Waals surface area contributed by atoms with E-state index in [2.05, 4.69) is 33.0 Å². The fraction of sp³-hybridized carbons (Fsp3) is 0.500. The monoisotopic (exact) mass is 532 g/mol. The minimum absolute atomic E-state index is 0.243.